The quantitative estimate of drug-likeness (QED) is 0.881. The molecule has 1 aromatic carbocycles. The van der Waals surface area contributed by atoms with Crippen LogP contribution in [0.4, 0.5) is 5.69 Å². The summed E-state index contributed by atoms with van der Waals surface area (Å²) >= 11 is 0. The number of nitrogens with two attached hydrogens (primary N) is 1. The zero-order chi connectivity index (χ0) is 17.9. The molecule has 0 spiro atoms. The first-order valence-electron chi connectivity index (χ1n) is 7.97. The number of benzene rings is 1. The Morgan fingerprint density at radius 2 is 1.88 bits per heavy atom. The lowest BCUT2D eigenvalue weighted by Crippen LogP contribution is -2.37. The molecule has 0 radical (unpaired) electrons. The summed E-state index contributed by atoms with van der Waals surface area (Å²) in [6.45, 7) is 6.00. The van der Waals surface area contributed by atoms with Gasteiger partial charge in [0.25, 0.3) is 0 Å². The van der Waals surface area contributed by atoms with Crippen molar-refractivity contribution in [2.24, 2.45) is 12.8 Å². The first-order chi connectivity index (χ1) is 11.3. The molecule has 1 heterocycles. The van der Waals surface area contributed by atoms with Gasteiger partial charge in [0.2, 0.25) is 11.8 Å². The maximum Gasteiger partial charge on any atom is 0.234 e. The summed E-state index contributed by atoms with van der Waals surface area (Å²) in [5, 5.41) is 4.39. The zero-order valence-electron chi connectivity index (χ0n) is 14.6. The van der Waals surface area contributed by atoms with E-state index < -0.39 is 5.91 Å². The van der Waals surface area contributed by atoms with Crippen molar-refractivity contribution >= 4 is 17.5 Å². The van der Waals surface area contributed by atoms with Crippen LogP contribution in [-0.2, 0) is 16.6 Å². The maximum absolute atomic E-state index is 13.1. The van der Waals surface area contributed by atoms with Gasteiger partial charge in [-0.15, -0.1) is 0 Å². The van der Waals surface area contributed by atoms with E-state index >= 15 is 0 Å². The van der Waals surface area contributed by atoms with Crippen LogP contribution in [0.15, 0.2) is 30.3 Å². The van der Waals surface area contributed by atoms with Gasteiger partial charge in [-0.05, 0) is 32.9 Å². The summed E-state index contributed by atoms with van der Waals surface area (Å²) in [6.07, 6.45) is 0.123. The largest absolute Gasteiger partial charge is 0.370 e. The van der Waals surface area contributed by atoms with Crippen molar-refractivity contribution in [2.45, 2.75) is 33.1 Å². The molecule has 24 heavy (non-hydrogen) atoms. The van der Waals surface area contributed by atoms with Gasteiger partial charge in [-0.3, -0.25) is 14.3 Å². The van der Waals surface area contributed by atoms with E-state index in [1.807, 2.05) is 58.2 Å². The van der Waals surface area contributed by atoms with Crippen molar-refractivity contribution in [3.63, 3.8) is 0 Å². The second kappa shape index (κ2) is 7.29. The predicted molar refractivity (Wildman–Crippen MR) is 93.7 cm³/mol. The van der Waals surface area contributed by atoms with Gasteiger partial charge in [0.15, 0.2) is 0 Å². The van der Waals surface area contributed by atoms with Crippen LogP contribution in [0.1, 0.15) is 36.2 Å². The van der Waals surface area contributed by atoms with E-state index in [0.717, 1.165) is 22.6 Å². The molecule has 0 saturated carbocycles. The second-order valence-corrected chi connectivity index (χ2v) is 5.97. The summed E-state index contributed by atoms with van der Waals surface area (Å²) in [6, 6.07) is 9.33. The molecule has 128 valence electrons. The molecule has 1 atom stereocenters. The minimum Gasteiger partial charge on any atom is -0.370 e. The minimum atomic E-state index is -0.426. The summed E-state index contributed by atoms with van der Waals surface area (Å²) < 4.78 is 1.78. The number of hydrogen-bond acceptors (Lipinski definition) is 3. The number of primary amides is 1. The molecule has 2 rings (SSSR count). The van der Waals surface area contributed by atoms with Crippen LogP contribution in [0.5, 0.6) is 0 Å². The molecular weight excluding hydrogens is 304 g/mol. The monoisotopic (exact) mass is 328 g/mol. The van der Waals surface area contributed by atoms with E-state index in [0.29, 0.717) is 0 Å². The van der Waals surface area contributed by atoms with Gasteiger partial charge in [-0.1, -0.05) is 18.2 Å². The summed E-state index contributed by atoms with van der Waals surface area (Å²) in [5.74, 6) is -0.849. The van der Waals surface area contributed by atoms with Crippen LogP contribution in [0.2, 0.25) is 0 Å². The molecule has 6 heteroatoms. The Labute approximate surface area is 142 Å². The van der Waals surface area contributed by atoms with Gasteiger partial charge >= 0.3 is 0 Å². The smallest absolute Gasteiger partial charge is 0.234 e. The van der Waals surface area contributed by atoms with E-state index in [2.05, 4.69) is 5.10 Å². The van der Waals surface area contributed by atoms with Crippen LogP contribution in [0.25, 0.3) is 0 Å². The Balaban J connectivity index is 2.34. The van der Waals surface area contributed by atoms with Gasteiger partial charge < -0.3 is 10.6 Å². The number of nitrogens with zero attached hydrogens (tertiary/aromatic N) is 3. The highest BCUT2D eigenvalue weighted by Gasteiger charge is 2.27. The van der Waals surface area contributed by atoms with Gasteiger partial charge in [-0.25, -0.2) is 0 Å². The number of rotatable bonds is 6. The molecule has 0 fully saturated rings. The molecule has 1 aromatic heterocycles. The Morgan fingerprint density at radius 3 is 2.38 bits per heavy atom. The average Bonchev–Trinajstić information content (AvgIpc) is 2.80. The number of carbonyl (C=O) groups excluding carboxylic acids is 2. The highest BCUT2D eigenvalue weighted by Crippen LogP contribution is 2.27. The molecule has 0 aliphatic carbocycles. The standard InChI is InChI=1S/C18H24N4O2/c1-12(17-13(2)20-21(4)14(17)3)18(24)22(11-10-16(19)23)15-8-6-5-7-9-15/h5-9,12H,10-11H2,1-4H3,(H2,19,23)/t12-/m0/s1. The Morgan fingerprint density at radius 1 is 1.25 bits per heavy atom. The molecular formula is C18H24N4O2. The topological polar surface area (TPSA) is 81.2 Å². The third-order valence-corrected chi connectivity index (χ3v) is 4.28. The molecule has 2 aromatic rings. The van der Waals surface area contributed by atoms with E-state index in [4.69, 9.17) is 5.73 Å². The Kier molecular flexibility index (Phi) is 5.39. The fraction of sp³-hybridized carbons (Fsp3) is 0.389. The van der Waals surface area contributed by atoms with Gasteiger partial charge in [0, 0.05) is 37.0 Å². The minimum absolute atomic E-state index is 0.0679. The fourth-order valence-corrected chi connectivity index (χ4v) is 2.97. The number of para-hydroxylation sites is 1. The lowest BCUT2D eigenvalue weighted by Gasteiger charge is -2.26. The van der Waals surface area contributed by atoms with Gasteiger partial charge in [0.05, 0.1) is 11.6 Å². The molecule has 0 bridgehead atoms. The Hall–Kier alpha value is -2.63. The third kappa shape index (κ3) is 3.64. The first-order valence-corrected chi connectivity index (χ1v) is 7.97. The van der Waals surface area contributed by atoms with Crippen LogP contribution >= 0.6 is 0 Å². The van der Waals surface area contributed by atoms with Gasteiger partial charge in [-0.2, -0.15) is 5.10 Å². The molecule has 0 aliphatic heterocycles. The molecule has 0 aliphatic rings. The number of carbonyl (C=O) groups is 2. The summed E-state index contributed by atoms with van der Waals surface area (Å²) in [5.41, 5.74) is 8.77. The van der Waals surface area contributed by atoms with Crippen molar-refractivity contribution < 1.29 is 9.59 Å². The summed E-state index contributed by atoms with van der Waals surface area (Å²) in [7, 11) is 1.87. The highest BCUT2D eigenvalue weighted by atomic mass is 16.2. The lowest BCUT2D eigenvalue weighted by atomic mass is 9.97. The van der Waals surface area contributed by atoms with E-state index in [-0.39, 0.29) is 24.8 Å². The second-order valence-electron chi connectivity index (χ2n) is 5.97. The van der Waals surface area contributed by atoms with Crippen LogP contribution in [0, 0.1) is 13.8 Å². The molecule has 6 nitrogen and oxygen atoms in total. The van der Waals surface area contributed by atoms with E-state index in [1.165, 1.54) is 0 Å². The van der Waals surface area contributed by atoms with E-state index in [9.17, 15) is 9.59 Å². The van der Waals surface area contributed by atoms with Crippen molar-refractivity contribution in [2.75, 3.05) is 11.4 Å². The first kappa shape index (κ1) is 17.7. The Bertz CT molecular complexity index is 737. The highest BCUT2D eigenvalue weighted by molar-refractivity contribution is 5.98. The normalized spacial score (nSPS) is 12.0. The molecule has 2 N–H and O–H groups in total. The number of aromatic nitrogens is 2. The molecule has 2 amide bonds. The van der Waals surface area contributed by atoms with Crippen molar-refractivity contribution in [3.8, 4) is 0 Å². The summed E-state index contributed by atoms with van der Waals surface area (Å²) in [4.78, 5) is 25.9. The average molecular weight is 328 g/mol. The number of aryl methyl sites for hydroxylation is 2. The van der Waals surface area contributed by atoms with Crippen molar-refractivity contribution in [1.82, 2.24) is 9.78 Å². The zero-order valence-corrected chi connectivity index (χ0v) is 14.6. The SMILES string of the molecule is Cc1nn(C)c(C)c1[C@H](C)C(=O)N(CCC(N)=O)c1ccccc1. The lowest BCUT2D eigenvalue weighted by molar-refractivity contribution is -0.120. The van der Waals surface area contributed by atoms with Crippen molar-refractivity contribution in [3.05, 3.63) is 47.3 Å². The molecule has 0 saturated heterocycles. The van der Waals surface area contributed by atoms with Crippen LogP contribution < -0.4 is 10.6 Å². The van der Waals surface area contributed by atoms with Gasteiger partial charge in [0.1, 0.15) is 0 Å². The number of hydrogen-bond donors (Lipinski definition) is 1. The maximum atomic E-state index is 13.1. The molecule has 0 unspecified atom stereocenters. The van der Waals surface area contributed by atoms with Crippen LogP contribution in [-0.4, -0.2) is 28.1 Å². The van der Waals surface area contributed by atoms with E-state index in [1.54, 1.807) is 9.58 Å². The number of amides is 2. The van der Waals surface area contributed by atoms with Crippen molar-refractivity contribution in [1.29, 1.82) is 0 Å². The fourth-order valence-electron chi connectivity index (χ4n) is 2.97. The third-order valence-electron chi connectivity index (χ3n) is 4.28. The predicted octanol–water partition coefficient (Wildman–Crippen LogP) is 2.05. The number of anilines is 1. The van der Waals surface area contributed by atoms with Crippen LogP contribution in [0.3, 0.4) is 0 Å².